The lowest BCUT2D eigenvalue weighted by Gasteiger charge is -2.37. The first-order valence-corrected chi connectivity index (χ1v) is 7.69. The zero-order valence-electron chi connectivity index (χ0n) is 11.7. The fourth-order valence-electron chi connectivity index (χ4n) is 3.28. The van der Waals surface area contributed by atoms with E-state index in [1.165, 1.54) is 23.8 Å². The Kier molecular flexibility index (Phi) is 4.01. The highest BCUT2D eigenvalue weighted by atomic mass is 35.5. The summed E-state index contributed by atoms with van der Waals surface area (Å²) in [7, 11) is 0. The second kappa shape index (κ2) is 5.78. The van der Waals surface area contributed by atoms with E-state index in [0.29, 0.717) is 29.3 Å². The Hall–Kier alpha value is -1.38. The number of aliphatic hydroxyl groups is 1. The van der Waals surface area contributed by atoms with Crippen molar-refractivity contribution in [2.75, 3.05) is 0 Å². The van der Waals surface area contributed by atoms with Crippen molar-refractivity contribution in [2.45, 2.75) is 37.2 Å². The molecule has 0 heterocycles. The molecule has 0 amide bonds. The average Bonchev–Trinajstić information content (AvgIpc) is 2.51. The van der Waals surface area contributed by atoms with E-state index in [4.69, 9.17) is 11.6 Å². The summed E-state index contributed by atoms with van der Waals surface area (Å²) in [6.07, 6.45) is 2.98. The van der Waals surface area contributed by atoms with Crippen LogP contribution in [0.2, 0.25) is 5.02 Å². The van der Waals surface area contributed by atoms with Gasteiger partial charge < -0.3 is 5.11 Å². The summed E-state index contributed by atoms with van der Waals surface area (Å²) in [5.74, 6) is 0.104. The standard InChI is InChI=1S/C18H18ClFO/c19-17-7-6-15(20)12-16(17)18(21)10-8-14(9-11-18)13-4-2-1-3-5-13/h1-7,12,14,21H,8-11H2. The normalized spacial score (nSPS) is 25.8. The minimum absolute atomic E-state index is 0.354. The monoisotopic (exact) mass is 304 g/mol. The van der Waals surface area contributed by atoms with Crippen LogP contribution in [0.1, 0.15) is 42.7 Å². The third-order valence-corrected chi connectivity index (χ3v) is 4.84. The first kappa shape index (κ1) is 14.6. The topological polar surface area (TPSA) is 20.2 Å². The molecule has 0 aliphatic heterocycles. The average molecular weight is 305 g/mol. The molecule has 0 atom stereocenters. The Bertz CT molecular complexity index is 618. The summed E-state index contributed by atoms with van der Waals surface area (Å²) < 4.78 is 13.4. The van der Waals surface area contributed by atoms with Crippen LogP contribution < -0.4 is 0 Å². The maximum Gasteiger partial charge on any atom is 0.123 e. The maximum absolute atomic E-state index is 13.4. The van der Waals surface area contributed by atoms with Crippen LogP contribution in [0.15, 0.2) is 48.5 Å². The van der Waals surface area contributed by atoms with E-state index in [0.717, 1.165) is 12.8 Å². The van der Waals surface area contributed by atoms with Crippen LogP contribution in [0, 0.1) is 5.82 Å². The van der Waals surface area contributed by atoms with Gasteiger partial charge in [0.15, 0.2) is 0 Å². The summed E-state index contributed by atoms with van der Waals surface area (Å²) in [6.45, 7) is 0. The summed E-state index contributed by atoms with van der Waals surface area (Å²) in [4.78, 5) is 0. The van der Waals surface area contributed by atoms with Crippen LogP contribution in [0.4, 0.5) is 4.39 Å². The van der Waals surface area contributed by atoms with Gasteiger partial charge in [0.25, 0.3) is 0 Å². The number of rotatable bonds is 2. The molecule has 2 aromatic rings. The zero-order valence-corrected chi connectivity index (χ0v) is 12.5. The van der Waals surface area contributed by atoms with Crippen molar-refractivity contribution in [3.05, 3.63) is 70.5 Å². The molecule has 0 bridgehead atoms. The van der Waals surface area contributed by atoms with Crippen molar-refractivity contribution in [3.63, 3.8) is 0 Å². The van der Waals surface area contributed by atoms with Gasteiger partial charge in [0.05, 0.1) is 5.60 Å². The van der Waals surface area contributed by atoms with Gasteiger partial charge in [0, 0.05) is 10.6 Å². The lowest BCUT2D eigenvalue weighted by atomic mass is 9.73. The van der Waals surface area contributed by atoms with Crippen LogP contribution in [0.25, 0.3) is 0 Å². The lowest BCUT2D eigenvalue weighted by molar-refractivity contribution is -0.00581. The predicted octanol–water partition coefficient (Wildman–Crippen LogP) is 5.02. The molecule has 1 nitrogen and oxygen atoms in total. The molecule has 0 aromatic heterocycles. The highest BCUT2D eigenvalue weighted by Crippen LogP contribution is 2.45. The molecular weight excluding hydrogens is 287 g/mol. The van der Waals surface area contributed by atoms with Gasteiger partial charge >= 0.3 is 0 Å². The van der Waals surface area contributed by atoms with Crippen molar-refractivity contribution in [3.8, 4) is 0 Å². The Balaban J connectivity index is 1.79. The van der Waals surface area contributed by atoms with E-state index in [-0.39, 0.29) is 5.82 Å². The third-order valence-electron chi connectivity index (χ3n) is 4.51. The summed E-state index contributed by atoms with van der Waals surface area (Å²) in [5, 5.41) is 11.3. The molecule has 110 valence electrons. The number of hydrogen-bond acceptors (Lipinski definition) is 1. The molecule has 0 radical (unpaired) electrons. The molecule has 1 N–H and O–H groups in total. The fourth-order valence-corrected chi connectivity index (χ4v) is 3.57. The Morgan fingerprint density at radius 3 is 2.38 bits per heavy atom. The molecule has 1 aliphatic carbocycles. The minimum atomic E-state index is -1.01. The summed E-state index contributed by atoms with van der Waals surface area (Å²) in [5.41, 5.74) is 0.824. The molecule has 3 rings (SSSR count). The summed E-state index contributed by atoms with van der Waals surface area (Å²) >= 11 is 6.15. The SMILES string of the molecule is OC1(c2cc(F)ccc2Cl)CCC(c2ccccc2)CC1. The number of halogens is 2. The van der Waals surface area contributed by atoms with Crippen molar-refractivity contribution in [2.24, 2.45) is 0 Å². The molecule has 0 unspecified atom stereocenters. The number of benzene rings is 2. The van der Waals surface area contributed by atoms with Crippen molar-refractivity contribution >= 4 is 11.6 Å². The van der Waals surface area contributed by atoms with Crippen molar-refractivity contribution < 1.29 is 9.50 Å². The Morgan fingerprint density at radius 2 is 1.71 bits per heavy atom. The second-order valence-corrected chi connectivity index (χ2v) is 6.25. The van der Waals surface area contributed by atoms with E-state index >= 15 is 0 Å². The van der Waals surface area contributed by atoms with E-state index in [1.807, 2.05) is 18.2 Å². The van der Waals surface area contributed by atoms with Gasteiger partial charge in [0.1, 0.15) is 5.82 Å². The molecule has 21 heavy (non-hydrogen) atoms. The van der Waals surface area contributed by atoms with Gasteiger partial charge in [-0.1, -0.05) is 41.9 Å². The van der Waals surface area contributed by atoms with Gasteiger partial charge in [0.2, 0.25) is 0 Å². The molecule has 1 fully saturated rings. The number of hydrogen-bond donors (Lipinski definition) is 1. The molecule has 1 aliphatic rings. The Labute approximate surface area is 129 Å². The lowest BCUT2D eigenvalue weighted by Crippen LogP contribution is -2.31. The molecule has 2 aromatic carbocycles. The first-order valence-electron chi connectivity index (χ1n) is 7.31. The van der Waals surface area contributed by atoms with Gasteiger partial charge in [-0.3, -0.25) is 0 Å². The van der Waals surface area contributed by atoms with Gasteiger partial charge in [-0.2, -0.15) is 0 Å². The smallest absolute Gasteiger partial charge is 0.123 e. The minimum Gasteiger partial charge on any atom is -0.385 e. The highest BCUT2D eigenvalue weighted by molar-refractivity contribution is 6.31. The second-order valence-electron chi connectivity index (χ2n) is 5.84. The van der Waals surface area contributed by atoms with Gasteiger partial charge in [-0.25, -0.2) is 4.39 Å². The largest absolute Gasteiger partial charge is 0.385 e. The van der Waals surface area contributed by atoms with Crippen LogP contribution in [0.5, 0.6) is 0 Å². The molecule has 0 saturated heterocycles. The zero-order chi connectivity index (χ0) is 14.9. The van der Waals surface area contributed by atoms with E-state index in [2.05, 4.69) is 12.1 Å². The van der Waals surface area contributed by atoms with Crippen LogP contribution in [-0.4, -0.2) is 5.11 Å². The van der Waals surface area contributed by atoms with Crippen molar-refractivity contribution in [1.29, 1.82) is 0 Å². The molecule has 3 heteroatoms. The van der Waals surface area contributed by atoms with E-state index in [1.54, 1.807) is 0 Å². The molecule has 1 saturated carbocycles. The predicted molar refractivity (Wildman–Crippen MR) is 83.0 cm³/mol. The highest BCUT2D eigenvalue weighted by Gasteiger charge is 2.36. The van der Waals surface area contributed by atoms with Crippen LogP contribution >= 0.6 is 11.6 Å². The quantitative estimate of drug-likeness (QED) is 0.825. The first-order chi connectivity index (χ1) is 10.1. The fraction of sp³-hybridized carbons (Fsp3) is 0.333. The van der Waals surface area contributed by atoms with Crippen LogP contribution in [-0.2, 0) is 5.60 Å². The third kappa shape index (κ3) is 2.97. The van der Waals surface area contributed by atoms with Gasteiger partial charge in [-0.15, -0.1) is 0 Å². The van der Waals surface area contributed by atoms with Crippen LogP contribution in [0.3, 0.4) is 0 Å². The molecule has 0 spiro atoms. The summed E-state index contributed by atoms with van der Waals surface area (Å²) in [6, 6.07) is 14.6. The van der Waals surface area contributed by atoms with E-state index in [9.17, 15) is 9.50 Å². The van der Waals surface area contributed by atoms with E-state index < -0.39 is 5.60 Å². The Morgan fingerprint density at radius 1 is 1.05 bits per heavy atom. The van der Waals surface area contributed by atoms with Crippen molar-refractivity contribution in [1.82, 2.24) is 0 Å². The molecular formula is C18H18ClFO. The van der Waals surface area contributed by atoms with Gasteiger partial charge in [-0.05, 0) is 55.4 Å². The maximum atomic E-state index is 13.4.